The number of aromatic hydroxyl groups is 1. The second-order valence-electron chi connectivity index (χ2n) is 5.15. The summed E-state index contributed by atoms with van der Waals surface area (Å²) in [6, 6.07) is 1.86. The lowest BCUT2D eigenvalue weighted by Crippen LogP contribution is -2.20. The van der Waals surface area contributed by atoms with Crippen LogP contribution in [0, 0.1) is 5.92 Å². The molecule has 5 nitrogen and oxygen atoms in total. The average molecular weight is 329 g/mol. The summed E-state index contributed by atoms with van der Waals surface area (Å²) >= 11 is 3.37. The van der Waals surface area contributed by atoms with Crippen molar-refractivity contribution in [3.8, 4) is 17.2 Å². The Morgan fingerprint density at radius 3 is 3.00 bits per heavy atom. The zero-order valence-electron chi connectivity index (χ0n) is 10.7. The first-order valence-corrected chi connectivity index (χ1v) is 7.12. The fraction of sp³-hybridized carbons (Fsp3) is 0.538. The molecule has 1 aromatic carbocycles. The van der Waals surface area contributed by atoms with Gasteiger partial charge in [-0.05, 0) is 41.9 Å². The molecular formula is C13H17BrN2O3. The number of nitrogens with two attached hydrogens (primary N) is 1. The third-order valence-electron chi connectivity index (χ3n) is 3.93. The van der Waals surface area contributed by atoms with Crippen LogP contribution in [-0.2, 0) is 0 Å². The first-order chi connectivity index (χ1) is 9.11. The summed E-state index contributed by atoms with van der Waals surface area (Å²) in [4.78, 5) is 2.21. The van der Waals surface area contributed by atoms with Gasteiger partial charge < -0.3 is 20.3 Å². The number of halogens is 1. The maximum absolute atomic E-state index is 10.4. The van der Waals surface area contributed by atoms with Gasteiger partial charge in [0.2, 0.25) is 6.79 Å². The Kier molecular flexibility index (Phi) is 3.32. The molecule has 2 aliphatic heterocycles. The van der Waals surface area contributed by atoms with Crippen LogP contribution in [0.2, 0.25) is 0 Å². The number of fused-ring (bicyclic) bond motifs is 1. The molecule has 2 heterocycles. The molecule has 3 rings (SSSR count). The Morgan fingerprint density at radius 2 is 2.32 bits per heavy atom. The van der Waals surface area contributed by atoms with Crippen molar-refractivity contribution in [1.82, 2.24) is 4.90 Å². The van der Waals surface area contributed by atoms with E-state index in [1.165, 1.54) is 0 Å². The van der Waals surface area contributed by atoms with Crippen LogP contribution < -0.4 is 15.2 Å². The fourth-order valence-corrected chi connectivity index (χ4v) is 3.37. The molecule has 19 heavy (non-hydrogen) atoms. The van der Waals surface area contributed by atoms with Crippen LogP contribution in [0.15, 0.2) is 10.5 Å². The molecular weight excluding hydrogens is 312 g/mol. The third-order valence-corrected chi connectivity index (χ3v) is 4.53. The normalized spacial score (nSPS) is 26.1. The number of likely N-dealkylation sites (tertiary alicyclic amines) is 1. The highest BCUT2D eigenvalue weighted by Gasteiger charge is 2.36. The molecule has 1 aromatic rings. The van der Waals surface area contributed by atoms with Crippen molar-refractivity contribution < 1.29 is 14.6 Å². The van der Waals surface area contributed by atoms with E-state index in [1.54, 1.807) is 6.07 Å². The number of benzene rings is 1. The lowest BCUT2D eigenvalue weighted by molar-refractivity contribution is 0.171. The van der Waals surface area contributed by atoms with Gasteiger partial charge in [-0.25, -0.2) is 0 Å². The average Bonchev–Trinajstić information content (AvgIpc) is 2.97. The quantitative estimate of drug-likeness (QED) is 0.867. The van der Waals surface area contributed by atoms with E-state index < -0.39 is 0 Å². The first-order valence-electron chi connectivity index (χ1n) is 6.33. The highest BCUT2D eigenvalue weighted by atomic mass is 79.9. The Bertz CT molecular complexity index is 509. The van der Waals surface area contributed by atoms with Gasteiger partial charge in [-0.2, -0.15) is 0 Å². The van der Waals surface area contributed by atoms with E-state index in [1.807, 2.05) is 7.05 Å². The number of hydrogen-bond donors (Lipinski definition) is 2. The summed E-state index contributed by atoms with van der Waals surface area (Å²) in [6.45, 7) is 1.80. The van der Waals surface area contributed by atoms with E-state index in [0.29, 0.717) is 28.4 Å². The monoisotopic (exact) mass is 328 g/mol. The minimum atomic E-state index is 0.112. The fourth-order valence-electron chi connectivity index (χ4n) is 2.95. The maximum atomic E-state index is 10.4. The van der Waals surface area contributed by atoms with Crippen molar-refractivity contribution in [2.75, 3.05) is 26.9 Å². The zero-order chi connectivity index (χ0) is 13.6. The molecule has 0 saturated carbocycles. The van der Waals surface area contributed by atoms with E-state index in [2.05, 4.69) is 20.8 Å². The van der Waals surface area contributed by atoms with Crippen molar-refractivity contribution in [2.45, 2.75) is 12.5 Å². The lowest BCUT2D eigenvalue weighted by Gasteiger charge is -2.22. The minimum absolute atomic E-state index is 0.112. The van der Waals surface area contributed by atoms with Gasteiger partial charge in [0.15, 0.2) is 11.5 Å². The van der Waals surface area contributed by atoms with Gasteiger partial charge in [0.1, 0.15) is 5.75 Å². The molecule has 1 saturated heterocycles. The molecule has 0 amide bonds. The van der Waals surface area contributed by atoms with Crippen LogP contribution in [0.5, 0.6) is 17.2 Å². The number of rotatable bonds is 2. The van der Waals surface area contributed by atoms with Crippen molar-refractivity contribution in [1.29, 1.82) is 0 Å². The predicted octanol–water partition coefficient (Wildman–Crippen LogP) is 1.83. The number of hydrogen-bond acceptors (Lipinski definition) is 5. The van der Waals surface area contributed by atoms with Gasteiger partial charge in [0.05, 0.1) is 10.0 Å². The summed E-state index contributed by atoms with van der Waals surface area (Å²) in [5.41, 5.74) is 6.57. The topological polar surface area (TPSA) is 68.0 Å². The number of ether oxygens (including phenoxy) is 2. The highest BCUT2D eigenvalue weighted by molar-refractivity contribution is 9.10. The second kappa shape index (κ2) is 4.85. The van der Waals surface area contributed by atoms with E-state index in [0.717, 1.165) is 18.5 Å². The van der Waals surface area contributed by atoms with Gasteiger partial charge in [-0.1, -0.05) is 0 Å². The summed E-state index contributed by atoms with van der Waals surface area (Å²) < 4.78 is 11.6. The van der Waals surface area contributed by atoms with E-state index in [4.69, 9.17) is 15.2 Å². The second-order valence-corrected chi connectivity index (χ2v) is 6.00. The Hall–Kier alpha value is -0.980. The van der Waals surface area contributed by atoms with Gasteiger partial charge in [-0.3, -0.25) is 4.90 Å². The van der Waals surface area contributed by atoms with Crippen LogP contribution in [0.3, 0.4) is 0 Å². The standard InChI is InChI=1S/C13H17BrN2O3/c1-16-5-7(4-15)2-9(16)11-12(17)8(14)3-10-13(11)19-6-18-10/h3,7,9,17H,2,4-6,15H2,1H3. The van der Waals surface area contributed by atoms with Gasteiger partial charge in [0.25, 0.3) is 0 Å². The molecule has 0 aromatic heterocycles. The third kappa shape index (κ3) is 2.07. The van der Waals surface area contributed by atoms with Crippen LogP contribution in [0.25, 0.3) is 0 Å². The SMILES string of the molecule is CN1CC(CN)CC1c1c(O)c(Br)cc2c1OCO2. The number of phenolic OH excluding ortho intramolecular Hbond substituents is 1. The molecule has 0 bridgehead atoms. The Morgan fingerprint density at radius 1 is 1.53 bits per heavy atom. The van der Waals surface area contributed by atoms with Gasteiger partial charge >= 0.3 is 0 Å². The van der Waals surface area contributed by atoms with Crippen LogP contribution in [-0.4, -0.2) is 36.9 Å². The Labute approximate surface area is 120 Å². The molecule has 1 fully saturated rings. The number of phenols is 1. The van der Waals surface area contributed by atoms with Crippen molar-refractivity contribution in [3.63, 3.8) is 0 Å². The maximum Gasteiger partial charge on any atom is 0.231 e. The summed E-state index contributed by atoms with van der Waals surface area (Å²) in [5.74, 6) is 2.03. The van der Waals surface area contributed by atoms with Crippen LogP contribution in [0.4, 0.5) is 0 Å². The summed E-state index contributed by atoms with van der Waals surface area (Å²) in [5, 5.41) is 10.4. The summed E-state index contributed by atoms with van der Waals surface area (Å²) in [7, 11) is 2.04. The molecule has 0 radical (unpaired) electrons. The van der Waals surface area contributed by atoms with Crippen molar-refractivity contribution >= 4 is 15.9 Å². The zero-order valence-corrected chi connectivity index (χ0v) is 12.3. The van der Waals surface area contributed by atoms with E-state index >= 15 is 0 Å². The smallest absolute Gasteiger partial charge is 0.231 e. The van der Waals surface area contributed by atoms with Crippen LogP contribution in [0.1, 0.15) is 18.0 Å². The minimum Gasteiger partial charge on any atom is -0.506 e. The molecule has 2 unspecified atom stereocenters. The first kappa shape index (κ1) is 13.0. The molecule has 0 spiro atoms. The van der Waals surface area contributed by atoms with E-state index in [-0.39, 0.29) is 18.6 Å². The highest BCUT2D eigenvalue weighted by Crippen LogP contribution is 2.51. The summed E-state index contributed by atoms with van der Waals surface area (Å²) in [6.07, 6.45) is 0.923. The molecule has 2 aliphatic rings. The van der Waals surface area contributed by atoms with Gasteiger partial charge in [-0.15, -0.1) is 0 Å². The van der Waals surface area contributed by atoms with E-state index in [9.17, 15) is 5.11 Å². The molecule has 3 N–H and O–H groups in total. The van der Waals surface area contributed by atoms with Crippen molar-refractivity contribution in [3.05, 3.63) is 16.1 Å². The molecule has 104 valence electrons. The number of nitrogens with zero attached hydrogens (tertiary/aromatic N) is 1. The van der Waals surface area contributed by atoms with Crippen LogP contribution >= 0.6 is 15.9 Å². The molecule has 0 aliphatic carbocycles. The molecule has 2 atom stereocenters. The van der Waals surface area contributed by atoms with Gasteiger partial charge in [0, 0.05) is 18.7 Å². The largest absolute Gasteiger partial charge is 0.506 e. The Balaban J connectivity index is 2.05. The van der Waals surface area contributed by atoms with Crippen molar-refractivity contribution in [2.24, 2.45) is 11.7 Å². The predicted molar refractivity (Wildman–Crippen MR) is 74.5 cm³/mol. The lowest BCUT2D eigenvalue weighted by atomic mass is 9.98. The molecule has 6 heteroatoms.